The van der Waals surface area contributed by atoms with Crippen LogP contribution in [0.15, 0.2) is 11.0 Å². The number of hydrogen-bond acceptors (Lipinski definition) is 4. The van der Waals surface area contributed by atoms with Gasteiger partial charge in [-0.1, -0.05) is 11.6 Å². The third kappa shape index (κ3) is 2.57. The van der Waals surface area contributed by atoms with Crippen LogP contribution in [0, 0.1) is 0 Å². The van der Waals surface area contributed by atoms with Crippen LogP contribution in [-0.4, -0.2) is 20.5 Å². The summed E-state index contributed by atoms with van der Waals surface area (Å²) in [7, 11) is -3.14. The van der Waals surface area contributed by atoms with Crippen LogP contribution in [-0.2, 0) is 10.0 Å². The number of methoxy groups -OCH3 is 1. The van der Waals surface area contributed by atoms with Crippen LogP contribution in [0.25, 0.3) is 0 Å². The van der Waals surface area contributed by atoms with Gasteiger partial charge in [0.25, 0.3) is 6.43 Å². The SMILES string of the molecule is COc1nc(C(F)F)c(S(N)(=O)=O)cc1Cl. The fourth-order valence-electron chi connectivity index (χ4n) is 0.996. The van der Waals surface area contributed by atoms with Gasteiger partial charge in [0.05, 0.1) is 7.11 Å². The number of hydrogen-bond donors (Lipinski definition) is 1. The molecule has 0 spiro atoms. The summed E-state index contributed by atoms with van der Waals surface area (Å²) in [6.07, 6.45) is -3.10. The van der Waals surface area contributed by atoms with Crippen molar-refractivity contribution in [2.45, 2.75) is 11.3 Å². The molecule has 0 amide bonds. The first-order valence-corrected chi connectivity index (χ1v) is 5.75. The summed E-state index contributed by atoms with van der Waals surface area (Å²) in [4.78, 5) is 2.48. The highest BCUT2D eigenvalue weighted by Gasteiger charge is 2.25. The molecule has 0 radical (unpaired) electrons. The van der Waals surface area contributed by atoms with Crippen molar-refractivity contribution in [1.29, 1.82) is 0 Å². The van der Waals surface area contributed by atoms with Crippen molar-refractivity contribution in [3.05, 3.63) is 16.8 Å². The molecule has 0 aromatic carbocycles. The molecule has 0 atom stereocenters. The second-order valence-electron chi connectivity index (χ2n) is 2.71. The Labute approximate surface area is 95.2 Å². The van der Waals surface area contributed by atoms with Crippen molar-refractivity contribution in [1.82, 2.24) is 4.98 Å². The third-order valence-corrected chi connectivity index (χ3v) is 2.85. The Hall–Kier alpha value is -0.990. The van der Waals surface area contributed by atoms with Crippen LogP contribution >= 0.6 is 11.6 Å². The molecule has 0 aliphatic carbocycles. The zero-order valence-corrected chi connectivity index (χ0v) is 9.52. The Morgan fingerprint density at radius 1 is 1.56 bits per heavy atom. The van der Waals surface area contributed by atoms with Crippen molar-refractivity contribution in [2.75, 3.05) is 7.11 Å². The maximum atomic E-state index is 12.5. The van der Waals surface area contributed by atoms with Gasteiger partial charge in [-0.25, -0.2) is 27.3 Å². The summed E-state index contributed by atoms with van der Waals surface area (Å²) >= 11 is 5.56. The minimum atomic E-state index is -4.31. The molecule has 0 saturated heterocycles. The van der Waals surface area contributed by atoms with E-state index in [-0.39, 0.29) is 10.9 Å². The number of nitrogens with two attached hydrogens (primary N) is 1. The average Bonchev–Trinajstić information content (AvgIpc) is 2.15. The molecule has 90 valence electrons. The predicted molar refractivity (Wildman–Crippen MR) is 52.1 cm³/mol. The van der Waals surface area contributed by atoms with E-state index in [0.717, 1.165) is 6.07 Å². The van der Waals surface area contributed by atoms with Gasteiger partial charge in [0, 0.05) is 0 Å². The lowest BCUT2D eigenvalue weighted by atomic mass is 10.3. The minimum absolute atomic E-state index is 0.212. The molecule has 0 fully saturated rings. The number of alkyl halides is 2. The number of aromatic nitrogens is 1. The first-order chi connectivity index (χ1) is 7.27. The van der Waals surface area contributed by atoms with E-state index >= 15 is 0 Å². The molecule has 0 unspecified atom stereocenters. The number of sulfonamides is 1. The van der Waals surface area contributed by atoms with Crippen LogP contribution in [0.2, 0.25) is 5.02 Å². The standard InChI is InChI=1S/C7H7ClF2N2O3S/c1-15-7-3(8)2-4(16(11,13)14)5(12-7)6(9)10/h2,6H,1H3,(H2,11,13,14). The lowest BCUT2D eigenvalue weighted by molar-refractivity contribution is 0.141. The van der Waals surface area contributed by atoms with E-state index in [0.29, 0.717) is 0 Å². The Balaban J connectivity index is 3.55. The van der Waals surface area contributed by atoms with Gasteiger partial charge in [0.15, 0.2) is 0 Å². The molecule has 1 aromatic heterocycles. The number of primary sulfonamides is 1. The Kier molecular flexibility index (Phi) is 3.66. The largest absolute Gasteiger partial charge is 0.480 e. The fourth-order valence-corrected chi connectivity index (χ4v) is 2.00. The maximum absolute atomic E-state index is 12.5. The highest BCUT2D eigenvalue weighted by Crippen LogP contribution is 2.31. The van der Waals surface area contributed by atoms with Crippen molar-refractivity contribution >= 4 is 21.6 Å². The van der Waals surface area contributed by atoms with Crippen LogP contribution in [0.3, 0.4) is 0 Å². The number of nitrogens with zero attached hydrogens (tertiary/aromatic N) is 1. The van der Waals surface area contributed by atoms with Gasteiger partial charge in [0.1, 0.15) is 15.6 Å². The monoisotopic (exact) mass is 272 g/mol. The molecule has 1 rings (SSSR count). The van der Waals surface area contributed by atoms with E-state index < -0.39 is 27.0 Å². The van der Waals surface area contributed by atoms with Gasteiger partial charge in [-0.15, -0.1) is 0 Å². The predicted octanol–water partition coefficient (Wildman–Crippen LogP) is 1.33. The van der Waals surface area contributed by atoms with Crippen molar-refractivity contribution in [3.63, 3.8) is 0 Å². The summed E-state index contributed by atoms with van der Waals surface area (Å²) in [5, 5.41) is 4.54. The quantitative estimate of drug-likeness (QED) is 0.900. The minimum Gasteiger partial charge on any atom is -0.480 e. The Morgan fingerprint density at radius 2 is 2.12 bits per heavy atom. The van der Waals surface area contributed by atoms with Gasteiger partial charge < -0.3 is 4.74 Å². The van der Waals surface area contributed by atoms with E-state index in [1.54, 1.807) is 0 Å². The molecular weight excluding hydrogens is 266 g/mol. The van der Waals surface area contributed by atoms with Crippen molar-refractivity contribution in [2.24, 2.45) is 5.14 Å². The molecule has 0 saturated carbocycles. The van der Waals surface area contributed by atoms with E-state index in [9.17, 15) is 17.2 Å². The summed E-state index contributed by atoms with van der Waals surface area (Å²) < 4.78 is 51.7. The van der Waals surface area contributed by atoms with Crippen molar-refractivity contribution in [3.8, 4) is 5.88 Å². The van der Waals surface area contributed by atoms with E-state index in [4.69, 9.17) is 16.7 Å². The molecule has 5 nitrogen and oxygen atoms in total. The van der Waals surface area contributed by atoms with Crippen LogP contribution in [0.5, 0.6) is 5.88 Å². The number of halogens is 3. The number of pyridine rings is 1. The summed E-state index contributed by atoms with van der Waals surface area (Å²) in [5.41, 5.74) is -0.983. The molecule has 0 aliphatic rings. The highest BCUT2D eigenvalue weighted by atomic mass is 35.5. The highest BCUT2D eigenvalue weighted by molar-refractivity contribution is 7.89. The molecule has 16 heavy (non-hydrogen) atoms. The summed E-state index contributed by atoms with van der Waals surface area (Å²) in [5.74, 6) is -0.288. The second kappa shape index (κ2) is 4.48. The lowest BCUT2D eigenvalue weighted by Gasteiger charge is -2.09. The Morgan fingerprint density at radius 3 is 2.50 bits per heavy atom. The Bertz CT molecular complexity index is 507. The molecular formula is C7H7ClF2N2O3S. The average molecular weight is 273 g/mol. The molecule has 0 bridgehead atoms. The van der Waals surface area contributed by atoms with Gasteiger partial charge in [-0.2, -0.15) is 0 Å². The lowest BCUT2D eigenvalue weighted by Crippen LogP contribution is -2.16. The zero-order valence-electron chi connectivity index (χ0n) is 7.95. The molecule has 0 aliphatic heterocycles. The van der Waals surface area contributed by atoms with E-state index in [2.05, 4.69) is 9.72 Å². The maximum Gasteiger partial charge on any atom is 0.281 e. The van der Waals surface area contributed by atoms with Gasteiger partial charge in [-0.3, -0.25) is 0 Å². The van der Waals surface area contributed by atoms with E-state index in [1.807, 2.05) is 0 Å². The van der Waals surface area contributed by atoms with E-state index in [1.165, 1.54) is 7.11 Å². The summed E-state index contributed by atoms with van der Waals surface area (Å²) in [6.45, 7) is 0. The van der Waals surface area contributed by atoms with Crippen LogP contribution in [0.4, 0.5) is 8.78 Å². The van der Waals surface area contributed by atoms with Crippen LogP contribution < -0.4 is 9.88 Å². The molecule has 1 heterocycles. The summed E-state index contributed by atoms with van der Waals surface area (Å²) in [6, 6.07) is 0.782. The van der Waals surface area contributed by atoms with Crippen LogP contribution in [0.1, 0.15) is 12.1 Å². The third-order valence-electron chi connectivity index (χ3n) is 1.64. The van der Waals surface area contributed by atoms with Gasteiger partial charge in [-0.05, 0) is 6.07 Å². The fraction of sp³-hybridized carbons (Fsp3) is 0.286. The number of rotatable bonds is 3. The molecule has 1 aromatic rings. The first-order valence-electron chi connectivity index (χ1n) is 3.82. The number of ether oxygens (including phenoxy) is 1. The van der Waals surface area contributed by atoms with Gasteiger partial charge in [0.2, 0.25) is 15.9 Å². The second-order valence-corrected chi connectivity index (χ2v) is 4.65. The molecule has 9 heteroatoms. The smallest absolute Gasteiger partial charge is 0.281 e. The molecule has 2 N–H and O–H groups in total. The first kappa shape index (κ1) is 13.1. The normalized spacial score (nSPS) is 11.9. The zero-order chi connectivity index (χ0) is 12.5. The van der Waals surface area contributed by atoms with Gasteiger partial charge >= 0.3 is 0 Å². The topological polar surface area (TPSA) is 82.3 Å². The van der Waals surface area contributed by atoms with Crippen molar-refractivity contribution < 1.29 is 21.9 Å².